The minimum Gasteiger partial charge on any atom is -0.492 e. The Morgan fingerprint density at radius 3 is 2.57 bits per heavy atom. The highest BCUT2D eigenvalue weighted by Gasteiger charge is 2.31. The normalized spacial score (nSPS) is 13.3. The number of carbonyl (C=O) groups excluding carboxylic acids is 1. The lowest BCUT2D eigenvalue weighted by Gasteiger charge is -2.34. The molecule has 1 N–H and O–H groups in total. The van der Waals surface area contributed by atoms with Crippen molar-refractivity contribution in [1.29, 1.82) is 0 Å². The van der Waals surface area contributed by atoms with Gasteiger partial charge in [0, 0.05) is 36.1 Å². The number of anilines is 4. The van der Waals surface area contributed by atoms with Gasteiger partial charge < -0.3 is 15.0 Å². The third-order valence-corrected chi connectivity index (χ3v) is 6.44. The van der Waals surface area contributed by atoms with Crippen LogP contribution in [-0.4, -0.2) is 54.2 Å². The van der Waals surface area contributed by atoms with Crippen LogP contribution in [0.4, 0.5) is 27.9 Å². The fourth-order valence-corrected chi connectivity index (χ4v) is 4.23. The van der Waals surface area contributed by atoms with E-state index in [1.807, 2.05) is 24.3 Å². The van der Waals surface area contributed by atoms with Crippen molar-refractivity contribution in [2.45, 2.75) is 20.4 Å². The van der Waals surface area contributed by atoms with Gasteiger partial charge in [-0.05, 0) is 55.6 Å². The summed E-state index contributed by atoms with van der Waals surface area (Å²) in [4.78, 5) is 27.5. The SMILES string of the molecule is CCN(CC)CCOc1ccc(Nc2ncc3c(n2)N(C)C(=O)N(c2cc(Cl)ccc2Cl)C3)cc1. The Labute approximate surface area is 215 Å². The molecule has 0 fully saturated rings. The molecule has 4 rings (SSSR count). The highest BCUT2D eigenvalue weighted by Crippen LogP contribution is 2.35. The number of hydrogen-bond donors (Lipinski definition) is 1. The third kappa shape index (κ3) is 5.78. The van der Waals surface area contributed by atoms with Gasteiger partial charge in [-0.1, -0.05) is 37.0 Å². The summed E-state index contributed by atoms with van der Waals surface area (Å²) in [5.74, 6) is 1.74. The number of halogens is 2. The van der Waals surface area contributed by atoms with Crippen LogP contribution in [0.15, 0.2) is 48.7 Å². The summed E-state index contributed by atoms with van der Waals surface area (Å²) in [6.07, 6.45) is 1.71. The van der Waals surface area contributed by atoms with Crippen LogP contribution in [0.1, 0.15) is 19.4 Å². The topological polar surface area (TPSA) is 73.8 Å². The van der Waals surface area contributed by atoms with E-state index < -0.39 is 0 Å². The second-order valence-corrected chi connectivity index (χ2v) is 8.93. The smallest absolute Gasteiger partial charge is 0.330 e. The van der Waals surface area contributed by atoms with Gasteiger partial charge in [-0.3, -0.25) is 9.80 Å². The van der Waals surface area contributed by atoms with Gasteiger partial charge in [-0.15, -0.1) is 0 Å². The van der Waals surface area contributed by atoms with Crippen LogP contribution in [0.2, 0.25) is 10.0 Å². The van der Waals surface area contributed by atoms with Gasteiger partial charge in [0.05, 0.1) is 17.3 Å². The van der Waals surface area contributed by atoms with Crippen LogP contribution >= 0.6 is 23.2 Å². The van der Waals surface area contributed by atoms with Gasteiger partial charge in [0.15, 0.2) is 0 Å². The number of fused-ring (bicyclic) bond motifs is 1. The average molecular weight is 515 g/mol. The van der Waals surface area contributed by atoms with Crippen LogP contribution in [0.3, 0.4) is 0 Å². The summed E-state index contributed by atoms with van der Waals surface area (Å²) in [5.41, 5.74) is 2.16. The minimum absolute atomic E-state index is 0.252. The van der Waals surface area contributed by atoms with E-state index in [9.17, 15) is 4.79 Å². The van der Waals surface area contributed by atoms with Gasteiger partial charge in [0.25, 0.3) is 0 Å². The highest BCUT2D eigenvalue weighted by atomic mass is 35.5. The zero-order chi connectivity index (χ0) is 24.9. The largest absolute Gasteiger partial charge is 0.492 e. The lowest BCUT2D eigenvalue weighted by atomic mass is 10.2. The predicted octanol–water partition coefficient (Wildman–Crippen LogP) is 5.82. The molecule has 1 aliphatic heterocycles. The number of urea groups is 1. The van der Waals surface area contributed by atoms with Gasteiger partial charge in [-0.2, -0.15) is 4.98 Å². The van der Waals surface area contributed by atoms with Crippen LogP contribution in [-0.2, 0) is 6.54 Å². The zero-order valence-electron chi connectivity index (χ0n) is 20.0. The molecule has 1 aromatic heterocycles. The molecular formula is C25H28Cl2N6O2. The molecular weight excluding hydrogens is 487 g/mol. The van der Waals surface area contributed by atoms with Crippen molar-refractivity contribution in [2.75, 3.05) is 48.4 Å². The van der Waals surface area contributed by atoms with Crippen molar-refractivity contribution in [3.63, 3.8) is 0 Å². The Hall–Kier alpha value is -3.07. The molecule has 8 nitrogen and oxygen atoms in total. The molecule has 3 aromatic rings. The molecule has 35 heavy (non-hydrogen) atoms. The Balaban J connectivity index is 1.44. The highest BCUT2D eigenvalue weighted by molar-refractivity contribution is 6.36. The maximum absolute atomic E-state index is 13.1. The Morgan fingerprint density at radius 2 is 1.86 bits per heavy atom. The van der Waals surface area contributed by atoms with Crippen molar-refractivity contribution >= 4 is 52.4 Å². The first-order valence-corrected chi connectivity index (χ1v) is 12.2. The number of hydrogen-bond acceptors (Lipinski definition) is 6. The summed E-state index contributed by atoms with van der Waals surface area (Å²) in [7, 11) is 1.67. The second-order valence-electron chi connectivity index (χ2n) is 8.09. The number of ether oxygens (including phenoxy) is 1. The first kappa shape index (κ1) is 25.0. The lowest BCUT2D eigenvalue weighted by Crippen LogP contribution is -2.46. The van der Waals surface area contributed by atoms with Crippen molar-refractivity contribution in [2.24, 2.45) is 0 Å². The van der Waals surface area contributed by atoms with Crippen molar-refractivity contribution in [1.82, 2.24) is 14.9 Å². The fourth-order valence-electron chi connectivity index (χ4n) is 3.85. The number of amides is 2. The van der Waals surface area contributed by atoms with E-state index in [0.717, 1.165) is 36.6 Å². The summed E-state index contributed by atoms with van der Waals surface area (Å²) in [5, 5.41) is 4.14. The van der Waals surface area contributed by atoms with Crippen LogP contribution < -0.4 is 19.9 Å². The molecule has 0 radical (unpaired) electrons. The van der Waals surface area contributed by atoms with E-state index >= 15 is 0 Å². The summed E-state index contributed by atoms with van der Waals surface area (Å²) >= 11 is 12.5. The van der Waals surface area contributed by atoms with Gasteiger partial charge in [0.1, 0.15) is 18.2 Å². The Kier molecular flexibility index (Phi) is 7.95. The quantitative estimate of drug-likeness (QED) is 0.387. The molecule has 184 valence electrons. The molecule has 0 aliphatic carbocycles. The minimum atomic E-state index is -0.252. The van der Waals surface area contributed by atoms with E-state index in [-0.39, 0.29) is 6.03 Å². The monoisotopic (exact) mass is 514 g/mol. The summed E-state index contributed by atoms with van der Waals surface area (Å²) in [6.45, 7) is 8.13. The Morgan fingerprint density at radius 1 is 1.11 bits per heavy atom. The molecule has 10 heteroatoms. The molecule has 2 amide bonds. The summed E-state index contributed by atoms with van der Waals surface area (Å²) < 4.78 is 5.84. The average Bonchev–Trinajstić information content (AvgIpc) is 2.87. The van der Waals surface area contributed by atoms with E-state index in [0.29, 0.717) is 40.7 Å². The molecule has 2 heterocycles. The van der Waals surface area contributed by atoms with Crippen LogP contribution in [0.5, 0.6) is 5.75 Å². The standard InChI is InChI=1S/C25H28Cl2N6O2/c1-4-32(5-2)12-13-35-20-9-7-19(8-10-20)29-24-28-15-17-16-33(25(34)31(3)23(17)30-24)22-14-18(26)6-11-21(22)27/h6-11,14-15H,4-5,12-13,16H2,1-3H3,(H,28,29,30). The number of carbonyl (C=O) groups is 1. The van der Waals surface area contributed by atoms with Gasteiger partial charge >= 0.3 is 6.03 Å². The lowest BCUT2D eigenvalue weighted by molar-refractivity contribution is 0.223. The van der Waals surface area contributed by atoms with Crippen molar-refractivity contribution in [3.05, 3.63) is 64.3 Å². The number of nitrogens with zero attached hydrogens (tertiary/aromatic N) is 5. The number of nitrogens with one attached hydrogen (secondary N) is 1. The number of likely N-dealkylation sites (N-methyl/N-ethyl adjacent to an activating group) is 1. The maximum atomic E-state index is 13.1. The number of benzene rings is 2. The number of rotatable bonds is 9. The molecule has 2 aromatic carbocycles. The van der Waals surface area contributed by atoms with Gasteiger partial charge in [-0.25, -0.2) is 9.78 Å². The van der Waals surface area contributed by atoms with Crippen molar-refractivity contribution < 1.29 is 9.53 Å². The zero-order valence-corrected chi connectivity index (χ0v) is 21.5. The predicted molar refractivity (Wildman–Crippen MR) is 141 cm³/mol. The van der Waals surface area contributed by atoms with Crippen molar-refractivity contribution in [3.8, 4) is 5.75 Å². The molecule has 0 spiro atoms. The maximum Gasteiger partial charge on any atom is 0.330 e. The fraction of sp³-hybridized carbons (Fsp3) is 0.320. The van der Waals surface area contributed by atoms with E-state index in [1.54, 1.807) is 36.3 Å². The van der Waals surface area contributed by atoms with E-state index in [1.165, 1.54) is 4.90 Å². The third-order valence-electron chi connectivity index (χ3n) is 5.89. The Bertz CT molecular complexity index is 1190. The molecule has 0 saturated heterocycles. The van der Waals surface area contributed by atoms with Gasteiger partial charge in [0.2, 0.25) is 5.95 Å². The van der Waals surface area contributed by atoms with Crippen LogP contribution in [0.25, 0.3) is 0 Å². The van der Waals surface area contributed by atoms with E-state index in [4.69, 9.17) is 27.9 Å². The first-order valence-electron chi connectivity index (χ1n) is 11.5. The van der Waals surface area contributed by atoms with E-state index in [2.05, 4.69) is 34.0 Å². The van der Waals surface area contributed by atoms with Crippen LogP contribution in [0, 0.1) is 0 Å². The molecule has 0 unspecified atom stereocenters. The molecule has 0 atom stereocenters. The molecule has 0 saturated carbocycles. The number of aromatic nitrogens is 2. The summed E-state index contributed by atoms with van der Waals surface area (Å²) in [6, 6.07) is 12.4. The first-order chi connectivity index (χ1) is 16.9. The molecule has 0 bridgehead atoms. The molecule has 1 aliphatic rings. The second kappa shape index (κ2) is 11.1.